The summed E-state index contributed by atoms with van der Waals surface area (Å²) < 4.78 is 10.7. The van der Waals surface area contributed by atoms with Gasteiger partial charge in [-0.3, -0.25) is 4.79 Å². The van der Waals surface area contributed by atoms with E-state index in [1.54, 1.807) is 25.1 Å². The Morgan fingerprint density at radius 3 is 2.76 bits per heavy atom. The molecule has 0 aliphatic carbocycles. The van der Waals surface area contributed by atoms with Crippen LogP contribution in [0.2, 0.25) is 5.02 Å². The van der Waals surface area contributed by atoms with E-state index in [1.807, 2.05) is 37.4 Å². The lowest BCUT2D eigenvalue weighted by molar-refractivity contribution is -0.147. The van der Waals surface area contributed by atoms with E-state index in [-0.39, 0.29) is 13.2 Å². The Labute approximate surface area is 174 Å². The van der Waals surface area contributed by atoms with Crippen LogP contribution in [-0.2, 0) is 20.7 Å². The third kappa shape index (κ3) is 5.29. The second-order valence-electron chi connectivity index (χ2n) is 6.64. The minimum atomic E-state index is -0.808. The Hall–Kier alpha value is -2.99. The molecule has 1 aromatic heterocycles. The van der Waals surface area contributed by atoms with Crippen LogP contribution in [0.15, 0.2) is 48.7 Å². The first kappa shape index (κ1) is 20.7. The number of benzene rings is 2. The molecule has 3 rings (SSSR count). The maximum Gasteiger partial charge on any atom is 0.328 e. The van der Waals surface area contributed by atoms with Gasteiger partial charge in [-0.15, -0.1) is 0 Å². The Morgan fingerprint density at radius 2 is 2.00 bits per heavy atom. The summed E-state index contributed by atoms with van der Waals surface area (Å²) in [5.41, 5.74) is 2.75. The highest BCUT2D eigenvalue weighted by atomic mass is 35.5. The van der Waals surface area contributed by atoms with Crippen LogP contribution in [0, 0.1) is 6.92 Å². The van der Waals surface area contributed by atoms with Crippen LogP contribution < -0.4 is 10.1 Å². The van der Waals surface area contributed by atoms with Crippen LogP contribution in [0.5, 0.6) is 5.75 Å². The lowest BCUT2D eigenvalue weighted by Gasteiger charge is -2.17. The number of fused-ring (bicyclic) bond motifs is 1. The quantitative estimate of drug-likeness (QED) is 0.549. The van der Waals surface area contributed by atoms with Gasteiger partial charge in [0.05, 0.1) is 6.61 Å². The molecule has 1 amide bonds. The standard InChI is InChI=1S/C22H23ClN2O4/c1-3-28-22(27)20(11-15-12-24-19-7-5-4-6-17(15)19)25-21(26)13-29-16-8-9-18(23)14(2)10-16/h4-10,12,20,24H,3,11,13H2,1-2H3,(H,25,26)/t20-/m0/s1. The van der Waals surface area contributed by atoms with Gasteiger partial charge >= 0.3 is 5.97 Å². The van der Waals surface area contributed by atoms with Gasteiger partial charge in [0.15, 0.2) is 6.61 Å². The van der Waals surface area contributed by atoms with Crippen LogP contribution in [0.4, 0.5) is 0 Å². The fourth-order valence-electron chi connectivity index (χ4n) is 3.05. The number of ether oxygens (including phenoxy) is 2. The third-order valence-electron chi connectivity index (χ3n) is 4.50. The Kier molecular flexibility index (Phi) is 6.77. The average molecular weight is 415 g/mol. The number of amides is 1. The van der Waals surface area contributed by atoms with E-state index in [1.165, 1.54) is 0 Å². The third-order valence-corrected chi connectivity index (χ3v) is 4.93. The van der Waals surface area contributed by atoms with Crippen LogP contribution in [-0.4, -0.2) is 36.1 Å². The highest BCUT2D eigenvalue weighted by Gasteiger charge is 2.24. The number of aromatic nitrogens is 1. The largest absolute Gasteiger partial charge is 0.484 e. The van der Waals surface area contributed by atoms with Crippen LogP contribution in [0.25, 0.3) is 10.9 Å². The molecule has 1 atom stereocenters. The Balaban J connectivity index is 1.67. The number of H-pyrrole nitrogens is 1. The Morgan fingerprint density at radius 1 is 1.21 bits per heavy atom. The van der Waals surface area contributed by atoms with Crippen LogP contribution in [0.3, 0.4) is 0 Å². The molecule has 29 heavy (non-hydrogen) atoms. The molecule has 3 aromatic rings. The zero-order valence-corrected chi connectivity index (χ0v) is 17.1. The summed E-state index contributed by atoms with van der Waals surface area (Å²) in [5.74, 6) is -0.352. The molecule has 2 N–H and O–H groups in total. The van der Waals surface area contributed by atoms with Crippen molar-refractivity contribution in [2.75, 3.05) is 13.2 Å². The fraction of sp³-hybridized carbons (Fsp3) is 0.273. The number of halogens is 1. The van der Waals surface area contributed by atoms with Crippen molar-refractivity contribution in [3.8, 4) is 5.75 Å². The van der Waals surface area contributed by atoms with E-state index in [9.17, 15) is 9.59 Å². The molecule has 152 valence electrons. The predicted molar refractivity (Wildman–Crippen MR) is 112 cm³/mol. The maximum atomic E-state index is 12.4. The first-order valence-electron chi connectivity index (χ1n) is 9.38. The van der Waals surface area contributed by atoms with Crippen molar-refractivity contribution in [3.63, 3.8) is 0 Å². The molecule has 0 aliphatic heterocycles. The molecule has 6 nitrogen and oxygen atoms in total. The number of esters is 1. The van der Waals surface area contributed by atoms with Gasteiger partial charge in [0.1, 0.15) is 11.8 Å². The van der Waals surface area contributed by atoms with E-state index >= 15 is 0 Å². The predicted octanol–water partition coefficient (Wildman–Crippen LogP) is 3.80. The first-order chi connectivity index (χ1) is 14.0. The van der Waals surface area contributed by atoms with Gasteiger partial charge in [-0.2, -0.15) is 0 Å². The van der Waals surface area contributed by atoms with Gasteiger partial charge in [-0.05, 0) is 49.2 Å². The van der Waals surface area contributed by atoms with Gasteiger partial charge in [0, 0.05) is 28.5 Å². The molecule has 2 aromatic carbocycles. The van der Waals surface area contributed by atoms with Gasteiger partial charge in [0.2, 0.25) is 0 Å². The molecular weight excluding hydrogens is 392 g/mol. The molecule has 7 heteroatoms. The number of carbonyl (C=O) groups excluding carboxylic acids is 2. The van der Waals surface area contributed by atoms with E-state index in [0.29, 0.717) is 17.2 Å². The van der Waals surface area contributed by atoms with Crippen molar-refractivity contribution in [2.45, 2.75) is 26.3 Å². The second-order valence-corrected chi connectivity index (χ2v) is 7.04. The summed E-state index contributed by atoms with van der Waals surface area (Å²) in [6.45, 7) is 3.60. The molecule has 0 spiro atoms. The number of aromatic amines is 1. The number of rotatable bonds is 8. The summed E-state index contributed by atoms with van der Waals surface area (Å²) in [7, 11) is 0. The monoisotopic (exact) mass is 414 g/mol. The minimum Gasteiger partial charge on any atom is -0.484 e. The SMILES string of the molecule is CCOC(=O)[C@H](Cc1c[nH]c2ccccc12)NC(=O)COc1ccc(Cl)c(C)c1. The number of nitrogens with one attached hydrogen (secondary N) is 2. The molecule has 0 radical (unpaired) electrons. The summed E-state index contributed by atoms with van der Waals surface area (Å²) in [5, 5.41) is 4.35. The normalized spacial score (nSPS) is 11.8. The van der Waals surface area contributed by atoms with E-state index < -0.39 is 17.9 Å². The zero-order chi connectivity index (χ0) is 20.8. The van der Waals surface area contributed by atoms with Gasteiger partial charge < -0.3 is 19.8 Å². The lowest BCUT2D eigenvalue weighted by atomic mass is 10.0. The number of aryl methyl sites for hydroxylation is 1. The summed E-state index contributed by atoms with van der Waals surface area (Å²) in [6, 6.07) is 12.1. The van der Waals surface area contributed by atoms with Crippen molar-refractivity contribution >= 4 is 34.4 Å². The fourth-order valence-corrected chi connectivity index (χ4v) is 3.17. The first-order valence-corrected chi connectivity index (χ1v) is 9.75. The molecular formula is C22H23ClN2O4. The minimum absolute atomic E-state index is 0.217. The van der Waals surface area contributed by atoms with Crippen LogP contribution in [0.1, 0.15) is 18.1 Å². The second kappa shape index (κ2) is 9.47. The zero-order valence-electron chi connectivity index (χ0n) is 16.3. The average Bonchev–Trinajstić information content (AvgIpc) is 3.11. The lowest BCUT2D eigenvalue weighted by Crippen LogP contribution is -2.45. The smallest absolute Gasteiger partial charge is 0.328 e. The van der Waals surface area contributed by atoms with Crippen molar-refractivity contribution in [1.82, 2.24) is 10.3 Å². The molecule has 0 aliphatic rings. The molecule has 0 unspecified atom stereocenters. The van der Waals surface area contributed by atoms with E-state index in [2.05, 4.69) is 10.3 Å². The Bertz CT molecular complexity index is 1010. The molecule has 0 bridgehead atoms. The van der Waals surface area contributed by atoms with Crippen LogP contribution >= 0.6 is 11.6 Å². The summed E-state index contributed by atoms with van der Waals surface area (Å²) in [6.07, 6.45) is 2.16. The summed E-state index contributed by atoms with van der Waals surface area (Å²) in [4.78, 5) is 28.0. The van der Waals surface area contributed by atoms with Crippen molar-refractivity contribution in [2.24, 2.45) is 0 Å². The van der Waals surface area contributed by atoms with E-state index in [4.69, 9.17) is 21.1 Å². The van der Waals surface area contributed by atoms with Gasteiger partial charge in [-0.1, -0.05) is 29.8 Å². The number of para-hydroxylation sites is 1. The molecule has 0 saturated carbocycles. The number of hydrogen-bond donors (Lipinski definition) is 2. The van der Waals surface area contributed by atoms with Gasteiger partial charge in [0.25, 0.3) is 5.91 Å². The van der Waals surface area contributed by atoms with Crippen molar-refractivity contribution in [3.05, 3.63) is 64.8 Å². The van der Waals surface area contributed by atoms with Crippen molar-refractivity contribution < 1.29 is 19.1 Å². The highest BCUT2D eigenvalue weighted by molar-refractivity contribution is 6.31. The molecule has 1 heterocycles. The van der Waals surface area contributed by atoms with Crippen molar-refractivity contribution in [1.29, 1.82) is 0 Å². The number of hydrogen-bond acceptors (Lipinski definition) is 4. The highest BCUT2D eigenvalue weighted by Crippen LogP contribution is 2.21. The maximum absolute atomic E-state index is 12.4. The molecule has 0 saturated heterocycles. The molecule has 0 fully saturated rings. The number of carbonyl (C=O) groups is 2. The van der Waals surface area contributed by atoms with E-state index in [0.717, 1.165) is 22.0 Å². The van der Waals surface area contributed by atoms with Gasteiger partial charge in [-0.25, -0.2) is 4.79 Å². The topological polar surface area (TPSA) is 80.4 Å². The summed E-state index contributed by atoms with van der Waals surface area (Å²) >= 11 is 6.00.